The molecule has 2 aromatic carbocycles. The fraction of sp³-hybridized carbons (Fsp3) is 0.158. The van der Waals surface area contributed by atoms with E-state index in [0.29, 0.717) is 25.3 Å². The minimum Gasteiger partial charge on any atom is -0.336 e. The van der Waals surface area contributed by atoms with Crippen molar-refractivity contribution in [3.63, 3.8) is 0 Å². The smallest absolute Gasteiger partial charge is 0.321 e. The quantitative estimate of drug-likeness (QED) is 0.785. The minimum atomic E-state index is -0.291. The highest BCUT2D eigenvalue weighted by atomic mass is 16.2. The Balaban J connectivity index is 1.51. The summed E-state index contributed by atoms with van der Waals surface area (Å²) in [6.45, 7) is 1.68. The lowest BCUT2D eigenvalue weighted by Gasteiger charge is -2.15. The van der Waals surface area contributed by atoms with E-state index in [2.05, 4.69) is 16.0 Å². The monoisotopic (exact) mass is 336 g/mol. The molecule has 0 aliphatic carbocycles. The summed E-state index contributed by atoms with van der Waals surface area (Å²) in [4.78, 5) is 25.3. The van der Waals surface area contributed by atoms with E-state index in [-0.39, 0.29) is 12.1 Å². The fourth-order valence-electron chi connectivity index (χ4n) is 2.56. The van der Waals surface area contributed by atoms with Crippen LogP contribution in [-0.2, 0) is 0 Å². The molecule has 6 nitrogen and oxygen atoms in total. The van der Waals surface area contributed by atoms with Gasteiger partial charge in [-0.15, -0.1) is 0 Å². The van der Waals surface area contributed by atoms with Crippen LogP contribution in [0.3, 0.4) is 0 Å². The highest BCUT2D eigenvalue weighted by Crippen LogP contribution is 2.20. The standard InChI is InChI=1S/C19H20N4O2/c24-18(20-11-5-8-15-6-2-1-3-7-15)22-16-9-4-10-17(14-16)23-13-12-21-19(23)25/h1-10,14H,11-13H2,(H,21,25)(H2,20,22,24)/b8-5+. The van der Waals surface area contributed by atoms with Gasteiger partial charge in [0, 0.05) is 31.0 Å². The van der Waals surface area contributed by atoms with Crippen molar-refractivity contribution in [3.8, 4) is 0 Å². The normalized spacial score (nSPS) is 13.8. The summed E-state index contributed by atoms with van der Waals surface area (Å²) in [5.41, 5.74) is 2.49. The van der Waals surface area contributed by atoms with Crippen LogP contribution in [0.5, 0.6) is 0 Å². The molecule has 0 bridgehead atoms. The molecule has 0 spiro atoms. The predicted octanol–water partition coefficient (Wildman–Crippen LogP) is 3.05. The van der Waals surface area contributed by atoms with E-state index in [9.17, 15) is 9.59 Å². The number of hydrogen-bond acceptors (Lipinski definition) is 2. The second-order valence-corrected chi connectivity index (χ2v) is 5.58. The number of urea groups is 2. The van der Waals surface area contributed by atoms with Gasteiger partial charge in [0.25, 0.3) is 0 Å². The number of rotatable bonds is 5. The van der Waals surface area contributed by atoms with Crippen LogP contribution in [0.25, 0.3) is 6.08 Å². The topological polar surface area (TPSA) is 73.5 Å². The van der Waals surface area contributed by atoms with Crippen molar-refractivity contribution in [1.29, 1.82) is 0 Å². The molecule has 25 heavy (non-hydrogen) atoms. The Bertz CT molecular complexity index is 774. The van der Waals surface area contributed by atoms with Crippen LogP contribution >= 0.6 is 0 Å². The molecular formula is C19H20N4O2. The maximum Gasteiger partial charge on any atom is 0.321 e. The zero-order chi connectivity index (χ0) is 17.5. The third-order valence-corrected chi connectivity index (χ3v) is 3.76. The zero-order valence-electron chi connectivity index (χ0n) is 13.7. The van der Waals surface area contributed by atoms with Crippen molar-refractivity contribution < 1.29 is 9.59 Å². The molecule has 6 heteroatoms. The van der Waals surface area contributed by atoms with Crippen molar-refractivity contribution in [3.05, 3.63) is 66.2 Å². The van der Waals surface area contributed by atoms with E-state index in [0.717, 1.165) is 11.3 Å². The van der Waals surface area contributed by atoms with Gasteiger partial charge >= 0.3 is 12.1 Å². The first kappa shape index (κ1) is 16.6. The summed E-state index contributed by atoms with van der Waals surface area (Å²) >= 11 is 0. The van der Waals surface area contributed by atoms with Gasteiger partial charge in [0.05, 0.1) is 0 Å². The first-order chi connectivity index (χ1) is 12.2. The molecule has 1 aliphatic heterocycles. The van der Waals surface area contributed by atoms with E-state index in [4.69, 9.17) is 0 Å². The lowest BCUT2D eigenvalue weighted by Crippen LogP contribution is -2.29. The largest absolute Gasteiger partial charge is 0.336 e. The van der Waals surface area contributed by atoms with E-state index < -0.39 is 0 Å². The second-order valence-electron chi connectivity index (χ2n) is 5.58. The van der Waals surface area contributed by atoms with Crippen LogP contribution in [0.15, 0.2) is 60.7 Å². The zero-order valence-corrected chi connectivity index (χ0v) is 13.7. The molecule has 1 aliphatic rings. The molecule has 128 valence electrons. The van der Waals surface area contributed by atoms with Crippen LogP contribution in [0.2, 0.25) is 0 Å². The number of benzene rings is 2. The van der Waals surface area contributed by atoms with Crippen LogP contribution in [0, 0.1) is 0 Å². The Morgan fingerprint density at radius 3 is 2.76 bits per heavy atom. The summed E-state index contributed by atoms with van der Waals surface area (Å²) in [6.07, 6.45) is 3.84. The molecule has 1 fully saturated rings. The van der Waals surface area contributed by atoms with Crippen LogP contribution in [0.1, 0.15) is 5.56 Å². The van der Waals surface area contributed by atoms with Gasteiger partial charge in [-0.25, -0.2) is 9.59 Å². The Kier molecular flexibility index (Phi) is 5.31. The summed E-state index contributed by atoms with van der Waals surface area (Å²) in [7, 11) is 0. The van der Waals surface area contributed by atoms with E-state index >= 15 is 0 Å². The lowest BCUT2D eigenvalue weighted by atomic mass is 10.2. The summed E-state index contributed by atoms with van der Waals surface area (Å²) < 4.78 is 0. The fourth-order valence-corrected chi connectivity index (χ4v) is 2.56. The molecule has 0 radical (unpaired) electrons. The molecule has 2 aromatic rings. The van der Waals surface area contributed by atoms with Gasteiger partial charge in [-0.2, -0.15) is 0 Å². The lowest BCUT2D eigenvalue weighted by molar-refractivity contribution is 0.251. The summed E-state index contributed by atoms with van der Waals surface area (Å²) in [6, 6.07) is 16.7. The Hall–Kier alpha value is -3.28. The van der Waals surface area contributed by atoms with Crippen molar-refractivity contribution in [2.45, 2.75) is 0 Å². The second kappa shape index (κ2) is 8.01. The highest BCUT2D eigenvalue weighted by molar-refractivity contribution is 5.95. The first-order valence-corrected chi connectivity index (χ1v) is 8.14. The Morgan fingerprint density at radius 2 is 2.00 bits per heavy atom. The first-order valence-electron chi connectivity index (χ1n) is 8.14. The highest BCUT2D eigenvalue weighted by Gasteiger charge is 2.21. The van der Waals surface area contributed by atoms with Crippen molar-refractivity contribution in [2.75, 3.05) is 29.9 Å². The Morgan fingerprint density at radius 1 is 1.16 bits per heavy atom. The maximum atomic E-state index is 12.0. The van der Waals surface area contributed by atoms with E-state index in [1.54, 1.807) is 17.0 Å². The van der Waals surface area contributed by atoms with Crippen LogP contribution in [0.4, 0.5) is 21.0 Å². The van der Waals surface area contributed by atoms with Crippen molar-refractivity contribution >= 4 is 29.5 Å². The number of carbonyl (C=O) groups excluding carboxylic acids is 2. The van der Waals surface area contributed by atoms with Crippen LogP contribution < -0.4 is 20.9 Å². The van der Waals surface area contributed by atoms with E-state index in [1.165, 1.54) is 0 Å². The number of anilines is 2. The van der Waals surface area contributed by atoms with Gasteiger partial charge in [0.15, 0.2) is 0 Å². The maximum absolute atomic E-state index is 12.0. The molecule has 0 saturated carbocycles. The average Bonchev–Trinajstić information content (AvgIpc) is 3.06. The molecule has 3 rings (SSSR count). The molecule has 0 atom stereocenters. The van der Waals surface area contributed by atoms with E-state index in [1.807, 2.05) is 54.6 Å². The number of hydrogen-bond donors (Lipinski definition) is 3. The SMILES string of the molecule is O=C(NC/C=C/c1ccccc1)Nc1cccc(N2CCNC2=O)c1. The average molecular weight is 336 g/mol. The van der Waals surface area contributed by atoms with Gasteiger partial charge in [0.1, 0.15) is 0 Å². The van der Waals surface area contributed by atoms with Gasteiger partial charge in [-0.3, -0.25) is 4.90 Å². The molecule has 1 heterocycles. The van der Waals surface area contributed by atoms with Crippen LogP contribution in [-0.4, -0.2) is 31.7 Å². The number of nitrogens with zero attached hydrogens (tertiary/aromatic N) is 1. The Labute approximate surface area is 146 Å². The summed E-state index contributed by atoms with van der Waals surface area (Å²) in [5.74, 6) is 0. The third kappa shape index (κ3) is 4.60. The molecule has 4 amide bonds. The van der Waals surface area contributed by atoms with Crippen molar-refractivity contribution in [2.24, 2.45) is 0 Å². The number of carbonyl (C=O) groups is 2. The molecule has 0 unspecified atom stereocenters. The number of amides is 4. The molecule has 1 saturated heterocycles. The molecular weight excluding hydrogens is 316 g/mol. The summed E-state index contributed by atoms with van der Waals surface area (Å²) in [5, 5.41) is 8.30. The predicted molar refractivity (Wildman–Crippen MR) is 99.7 cm³/mol. The molecule has 0 aromatic heterocycles. The van der Waals surface area contributed by atoms with Gasteiger partial charge in [0.2, 0.25) is 0 Å². The van der Waals surface area contributed by atoms with Gasteiger partial charge in [-0.05, 0) is 23.8 Å². The minimum absolute atomic E-state index is 0.118. The third-order valence-electron chi connectivity index (χ3n) is 3.76. The van der Waals surface area contributed by atoms with Gasteiger partial charge < -0.3 is 16.0 Å². The number of nitrogens with one attached hydrogen (secondary N) is 3. The molecule has 3 N–H and O–H groups in total. The van der Waals surface area contributed by atoms with Gasteiger partial charge in [-0.1, -0.05) is 48.6 Å². The van der Waals surface area contributed by atoms with Crippen molar-refractivity contribution in [1.82, 2.24) is 10.6 Å².